The van der Waals surface area contributed by atoms with Gasteiger partial charge in [-0.3, -0.25) is 9.11 Å². The predicted octanol–water partition coefficient (Wildman–Crippen LogP) is 2.03. The van der Waals surface area contributed by atoms with Crippen molar-refractivity contribution < 1.29 is 25.9 Å². The van der Waals surface area contributed by atoms with E-state index in [9.17, 15) is 25.9 Å². The maximum Gasteiger partial charge on any atom is 0.294 e. The van der Waals surface area contributed by atoms with Crippen LogP contribution in [0.5, 0.6) is 0 Å². The molecule has 0 atom stereocenters. The second kappa shape index (κ2) is 8.22. The lowest BCUT2D eigenvalue weighted by Crippen LogP contribution is -2.09. The Morgan fingerprint density at radius 1 is 0.900 bits per heavy atom. The lowest BCUT2D eigenvalue weighted by atomic mass is 10.0. The van der Waals surface area contributed by atoms with Crippen molar-refractivity contribution >= 4 is 37.0 Å². The molecule has 0 aliphatic rings. The minimum atomic E-state index is -4.58. The molecule has 0 spiro atoms. The highest BCUT2D eigenvalue weighted by Crippen LogP contribution is 2.28. The molecule has 30 heavy (non-hydrogen) atoms. The summed E-state index contributed by atoms with van der Waals surface area (Å²) in [6.45, 7) is 2.03. The number of hydrogen-bond donors (Lipinski definition) is 3. The number of nitrogens with zero attached hydrogens (tertiary/aromatic N) is 3. The summed E-state index contributed by atoms with van der Waals surface area (Å²) in [5.74, 6) is 0.861. The Hall–Kier alpha value is -2.67. The third-order valence-electron chi connectivity index (χ3n) is 4.43. The molecule has 0 unspecified atom stereocenters. The first kappa shape index (κ1) is 22.0. The molecular formula is C18H20N4O6S2. The summed E-state index contributed by atoms with van der Waals surface area (Å²) in [5.41, 5.74) is 6.20. The molecule has 3 rings (SSSR count). The number of rotatable bonds is 7. The van der Waals surface area contributed by atoms with Crippen molar-refractivity contribution in [2.24, 2.45) is 0 Å². The molecule has 10 nitrogen and oxygen atoms in total. The highest BCUT2D eigenvalue weighted by atomic mass is 32.2. The number of aromatic nitrogens is 3. The first-order valence-corrected chi connectivity index (χ1v) is 11.9. The van der Waals surface area contributed by atoms with Crippen LogP contribution in [0.1, 0.15) is 37.0 Å². The van der Waals surface area contributed by atoms with Crippen LogP contribution in [0.4, 0.5) is 5.95 Å². The Balaban J connectivity index is 2.16. The number of aryl methyl sites for hydroxylation is 1. The Kier molecular flexibility index (Phi) is 6.04. The van der Waals surface area contributed by atoms with Gasteiger partial charge >= 0.3 is 0 Å². The Labute approximate surface area is 173 Å². The van der Waals surface area contributed by atoms with Crippen molar-refractivity contribution in [2.75, 3.05) is 5.73 Å². The van der Waals surface area contributed by atoms with Gasteiger partial charge in [-0.15, -0.1) is 0 Å². The molecular weight excluding hydrogens is 432 g/mol. The van der Waals surface area contributed by atoms with E-state index >= 15 is 0 Å². The SMILES string of the molecule is CCCCc1nc(N)nc(Cc2cc(S(=O)(=O)O)cc3cc(S(=O)(=O)O)ccc23)n1. The highest BCUT2D eigenvalue weighted by molar-refractivity contribution is 7.86. The molecule has 1 aromatic heterocycles. The molecule has 160 valence electrons. The number of fused-ring (bicyclic) bond motifs is 1. The van der Waals surface area contributed by atoms with Crippen LogP contribution in [-0.4, -0.2) is 40.9 Å². The van der Waals surface area contributed by atoms with Crippen LogP contribution in [0.2, 0.25) is 0 Å². The monoisotopic (exact) mass is 452 g/mol. The van der Waals surface area contributed by atoms with Gasteiger partial charge in [0.05, 0.1) is 9.79 Å². The van der Waals surface area contributed by atoms with E-state index in [-0.39, 0.29) is 17.8 Å². The van der Waals surface area contributed by atoms with E-state index in [1.807, 2.05) is 6.92 Å². The number of benzene rings is 2. The number of nitrogens with two attached hydrogens (primary N) is 1. The van der Waals surface area contributed by atoms with E-state index in [1.54, 1.807) is 0 Å². The molecule has 0 aliphatic heterocycles. The smallest absolute Gasteiger partial charge is 0.294 e. The number of nitrogen functional groups attached to an aromatic ring is 1. The predicted molar refractivity (Wildman–Crippen MR) is 109 cm³/mol. The zero-order valence-electron chi connectivity index (χ0n) is 16.0. The molecule has 0 aliphatic carbocycles. The van der Waals surface area contributed by atoms with Crippen LogP contribution in [-0.2, 0) is 33.1 Å². The van der Waals surface area contributed by atoms with Gasteiger partial charge in [-0.05, 0) is 47.0 Å². The van der Waals surface area contributed by atoms with Crippen LogP contribution in [0.15, 0.2) is 40.1 Å². The van der Waals surface area contributed by atoms with Crippen molar-refractivity contribution in [1.29, 1.82) is 0 Å². The van der Waals surface area contributed by atoms with Gasteiger partial charge in [0.1, 0.15) is 11.6 Å². The van der Waals surface area contributed by atoms with E-state index in [4.69, 9.17) is 5.73 Å². The molecule has 1 heterocycles. The van der Waals surface area contributed by atoms with E-state index < -0.39 is 30.0 Å². The van der Waals surface area contributed by atoms with Crippen LogP contribution in [0.3, 0.4) is 0 Å². The topological polar surface area (TPSA) is 173 Å². The molecule has 0 fully saturated rings. The van der Waals surface area contributed by atoms with Crippen molar-refractivity contribution in [3.05, 3.63) is 47.5 Å². The van der Waals surface area contributed by atoms with Crippen molar-refractivity contribution in [3.63, 3.8) is 0 Å². The second-order valence-electron chi connectivity index (χ2n) is 6.72. The first-order chi connectivity index (χ1) is 14.0. The van der Waals surface area contributed by atoms with Gasteiger partial charge < -0.3 is 5.73 Å². The Bertz CT molecular complexity index is 1320. The summed E-state index contributed by atoms with van der Waals surface area (Å²) in [5, 5.41) is 0.701. The maximum absolute atomic E-state index is 11.7. The van der Waals surface area contributed by atoms with Crippen LogP contribution < -0.4 is 5.73 Å². The average molecular weight is 453 g/mol. The number of hydrogen-bond acceptors (Lipinski definition) is 8. The van der Waals surface area contributed by atoms with Gasteiger partial charge in [0.2, 0.25) is 5.95 Å². The standard InChI is InChI=1S/C18H20N4O6S2/c1-2-3-4-16-20-17(22-18(19)21-16)10-12-9-14(30(26,27)28)8-11-7-13(29(23,24)25)5-6-15(11)12/h5-9H,2-4,10H2,1H3,(H,23,24,25)(H,26,27,28)(H2,19,20,21,22). The third-order valence-corrected chi connectivity index (χ3v) is 6.11. The summed E-state index contributed by atoms with van der Waals surface area (Å²) < 4.78 is 65.1. The number of anilines is 1. The van der Waals surface area contributed by atoms with E-state index in [1.165, 1.54) is 18.2 Å². The van der Waals surface area contributed by atoms with Gasteiger partial charge in [0, 0.05) is 12.8 Å². The molecule has 0 radical (unpaired) electrons. The minimum absolute atomic E-state index is 0.0370. The lowest BCUT2D eigenvalue weighted by Gasteiger charge is -2.11. The zero-order chi connectivity index (χ0) is 22.1. The average Bonchev–Trinajstić information content (AvgIpc) is 2.64. The summed E-state index contributed by atoms with van der Waals surface area (Å²) in [4.78, 5) is 11.7. The molecule has 0 saturated carbocycles. The van der Waals surface area contributed by atoms with E-state index in [0.717, 1.165) is 25.0 Å². The van der Waals surface area contributed by atoms with Gasteiger partial charge in [-0.25, -0.2) is 4.98 Å². The van der Waals surface area contributed by atoms with Crippen LogP contribution >= 0.6 is 0 Å². The van der Waals surface area contributed by atoms with Crippen LogP contribution in [0, 0.1) is 0 Å². The third kappa shape index (κ3) is 5.08. The van der Waals surface area contributed by atoms with Gasteiger partial charge in [-0.1, -0.05) is 19.4 Å². The highest BCUT2D eigenvalue weighted by Gasteiger charge is 2.18. The Morgan fingerprint density at radius 3 is 2.17 bits per heavy atom. The summed E-state index contributed by atoms with van der Waals surface area (Å²) >= 11 is 0. The lowest BCUT2D eigenvalue weighted by molar-refractivity contribution is 0.481. The van der Waals surface area contributed by atoms with Crippen molar-refractivity contribution in [3.8, 4) is 0 Å². The minimum Gasteiger partial charge on any atom is -0.368 e. The fraction of sp³-hybridized carbons (Fsp3) is 0.278. The molecule has 0 bridgehead atoms. The number of unbranched alkanes of at least 4 members (excludes halogenated alkanes) is 1. The summed E-state index contributed by atoms with van der Waals surface area (Å²) in [7, 11) is -9.07. The van der Waals surface area contributed by atoms with E-state index in [0.29, 0.717) is 29.0 Å². The normalized spacial score (nSPS) is 12.4. The maximum atomic E-state index is 11.7. The fourth-order valence-corrected chi connectivity index (χ4v) is 4.12. The summed E-state index contributed by atoms with van der Waals surface area (Å²) in [6.07, 6.45) is 2.48. The van der Waals surface area contributed by atoms with Gasteiger partial charge in [0.15, 0.2) is 0 Å². The molecule has 4 N–H and O–H groups in total. The quantitative estimate of drug-likeness (QED) is 0.450. The van der Waals surface area contributed by atoms with Gasteiger partial charge in [-0.2, -0.15) is 26.8 Å². The van der Waals surface area contributed by atoms with Crippen molar-refractivity contribution in [2.45, 2.75) is 42.4 Å². The Morgan fingerprint density at radius 2 is 1.53 bits per heavy atom. The fourth-order valence-electron chi connectivity index (χ4n) is 3.04. The van der Waals surface area contributed by atoms with Gasteiger partial charge in [0.25, 0.3) is 20.2 Å². The largest absolute Gasteiger partial charge is 0.368 e. The first-order valence-electron chi connectivity index (χ1n) is 8.98. The molecule has 12 heteroatoms. The van der Waals surface area contributed by atoms with Crippen molar-refractivity contribution in [1.82, 2.24) is 15.0 Å². The van der Waals surface area contributed by atoms with Crippen LogP contribution in [0.25, 0.3) is 10.8 Å². The molecule has 0 saturated heterocycles. The molecule has 3 aromatic rings. The molecule has 2 aromatic carbocycles. The summed E-state index contributed by atoms with van der Waals surface area (Å²) in [6, 6.07) is 6.14. The molecule has 0 amide bonds. The zero-order valence-corrected chi connectivity index (χ0v) is 17.6. The second-order valence-corrected chi connectivity index (χ2v) is 9.56. The van der Waals surface area contributed by atoms with E-state index in [2.05, 4.69) is 15.0 Å².